The molecule has 1 aromatic carbocycles. The molecule has 106 valence electrons. The number of carbonyl (C=O) groups excluding carboxylic acids is 1. The van der Waals surface area contributed by atoms with Gasteiger partial charge in [-0.2, -0.15) is 10.2 Å². The van der Waals surface area contributed by atoms with E-state index in [-0.39, 0.29) is 0 Å². The molecule has 21 heavy (non-hydrogen) atoms. The molecule has 2 heterocycles. The van der Waals surface area contributed by atoms with Crippen molar-refractivity contribution in [2.75, 3.05) is 0 Å². The zero-order valence-electron chi connectivity index (χ0n) is 11.4. The van der Waals surface area contributed by atoms with Crippen molar-refractivity contribution in [1.82, 2.24) is 19.6 Å². The molecule has 2 aromatic heterocycles. The monoisotopic (exact) mass is 344 g/mol. The number of benzene rings is 1. The predicted octanol–water partition coefficient (Wildman–Crippen LogP) is 3.33. The highest BCUT2D eigenvalue weighted by atomic mass is 79.9. The summed E-state index contributed by atoms with van der Waals surface area (Å²) in [6.45, 7) is 2.79. The van der Waals surface area contributed by atoms with Gasteiger partial charge in [0, 0.05) is 29.0 Å². The van der Waals surface area contributed by atoms with E-state index in [9.17, 15) is 4.79 Å². The minimum atomic E-state index is 0.547. The van der Waals surface area contributed by atoms with E-state index in [1.807, 2.05) is 42.1 Å². The lowest BCUT2D eigenvalue weighted by molar-refractivity contribution is 0.112. The van der Waals surface area contributed by atoms with Gasteiger partial charge < -0.3 is 0 Å². The number of aromatic nitrogens is 4. The van der Waals surface area contributed by atoms with Gasteiger partial charge in [0.05, 0.1) is 17.4 Å². The second-order valence-corrected chi connectivity index (χ2v) is 5.48. The van der Waals surface area contributed by atoms with Gasteiger partial charge >= 0.3 is 0 Å². The van der Waals surface area contributed by atoms with Gasteiger partial charge in [-0.25, -0.2) is 4.68 Å². The summed E-state index contributed by atoms with van der Waals surface area (Å²) in [5.74, 6) is 0. The standard InChI is InChI=1S/C15H13BrN4O/c1-2-19-8-11(7-17-19)15-12(10-21)9-20(18-15)14-5-3-4-13(16)6-14/h3-10H,2H2,1H3. The summed E-state index contributed by atoms with van der Waals surface area (Å²) in [5, 5.41) is 8.75. The molecular formula is C15H13BrN4O. The third kappa shape index (κ3) is 2.67. The van der Waals surface area contributed by atoms with Crippen LogP contribution in [0.25, 0.3) is 16.9 Å². The number of hydrogen-bond acceptors (Lipinski definition) is 3. The maximum atomic E-state index is 11.3. The molecule has 0 fully saturated rings. The molecule has 0 bridgehead atoms. The van der Waals surface area contributed by atoms with E-state index in [1.165, 1.54) is 0 Å². The van der Waals surface area contributed by atoms with Crippen LogP contribution >= 0.6 is 15.9 Å². The highest BCUT2D eigenvalue weighted by molar-refractivity contribution is 9.10. The third-order valence-corrected chi connectivity index (χ3v) is 3.67. The molecule has 0 atom stereocenters. The zero-order chi connectivity index (χ0) is 14.8. The second kappa shape index (κ2) is 5.65. The van der Waals surface area contributed by atoms with E-state index in [1.54, 1.807) is 17.1 Å². The summed E-state index contributed by atoms with van der Waals surface area (Å²) in [4.78, 5) is 11.3. The van der Waals surface area contributed by atoms with E-state index in [0.29, 0.717) is 11.3 Å². The average Bonchev–Trinajstić information content (AvgIpc) is 3.13. The number of aldehydes is 1. The van der Waals surface area contributed by atoms with Crippen LogP contribution in [0.5, 0.6) is 0 Å². The summed E-state index contributed by atoms with van der Waals surface area (Å²) >= 11 is 3.44. The Morgan fingerprint density at radius 1 is 1.33 bits per heavy atom. The molecule has 3 rings (SSSR count). The number of nitrogens with zero attached hydrogens (tertiary/aromatic N) is 4. The predicted molar refractivity (Wildman–Crippen MR) is 83.5 cm³/mol. The second-order valence-electron chi connectivity index (χ2n) is 4.56. The summed E-state index contributed by atoms with van der Waals surface area (Å²) in [7, 11) is 0. The van der Waals surface area contributed by atoms with Crippen LogP contribution in [0.3, 0.4) is 0 Å². The molecule has 0 saturated heterocycles. The summed E-state index contributed by atoms with van der Waals surface area (Å²) < 4.78 is 4.47. The van der Waals surface area contributed by atoms with Gasteiger partial charge in [0.25, 0.3) is 0 Å². The number of hydrogen-bond donors (Lipinski definition) is 0. The van der Waals surface area contributed by atoms with Crippen LogP contribution in [0.1, 0.15) is 17.3 Å². The largest absolute Gasteiger partial charge is 0.298 e. The normalized spacial score (nSPS) is 10.8. The van der Waals surface area contributed by atoms with Gasteiger partial charge in [-0.05, 0) is 25.1 Å². The number of rotatable bonds is 4. The molecule has 3 aromatic rings. The molecule has 0 spiro atoms. The Morgan fingerprint density at radius 2 is 2.19 bits per heavy atom. The maximum Gasteiger partial charge on any atom is 0.153 e. The molecule has 0 radical (unpaired) electrons. The van der Waals surface area contributed by atoms with Crippen LogP contribution in [-0.2, 0) is 6.54 Å². The fourth-order valence-electron chi connectivity index (χ4n) is 2.11. The van der Waals surface area contributed by atoms with E-state index < -0.39 is 0 Å². The first kappa shape index (κ1) is 13.8. The lowest BCUT2D eigenvalue weighted by Gasteiger charge is -2.01. The molecule has 0 aliphatic carbocycles. The van der Waals surface area contributed by atoms with E-state index >= 15 is 0 Å². The van der Waals surface area contributed by atoms with Gasteiger partial charge in [0.15, 0.2) is 6.29 Å². The molecule has 0 unspecified atom stereocenters. The van der Waals surface area contributed by atoms with Crippen LogP contribution in [0.15, 0.2) is 47.3 Å². The molecule has 6 heteroatoms. The highest BCUT2D eigenvalue weighted by Gasteiger charge is 2.13. The Bertz CT molecular complexity index is 791. The van der Waals surface area contributed by atoms with Gasteiger partial charge in [-0.15, -0.1) is 0 Å². The zero-order valence-corrected chi connectivity index (χ0v) is 13.0. The SMILES string of the molecule is CCn1cc(-c2nn(-c3cccc(Br)c3)cc2C=O)cn1. The first-order valence-electron chi connectivity index (χ1n) is 6.55. The molecule has 0 saturated carbocycles. The van der Waals surface area contributed by atoms with Crippen LogP contribution < -0.4 is 0 Å². The lowest BCUT2D eigenvalue weighted by atomic mass is 10.2. The topological polar surface area (TPSA) is 52.7 Å². The van der Waals surface area contributed by atoms with Crippen LogP contribution in [0, 0.1) is 0 Å². The van der Waals surface area contributed by atoms with Crippen molar-refractivity contribution in [3.8, 4) is 16.9 Å². The number of carbonyl (C=O) groups is 1. The van der Waals surface area contributed by atoms with Crippen molar-refractivity contribution < 1.29 is 4.79 Å². The van der Waals surface area contributed by atoms with Crippen LogP contribution in [-0.4, -0.2) is 25.8 Å². The summed E-state index contributed by atoms with van der Waals surface area (Å²) in [6, 6.07) is 7.75. The average molecular weight is 345 g/mol. The first-order valence-corrected chi connectivity index (χ1v) is 7.34. The van der Waals surface area contributed by atoms with Gasteiger partial charge in [-0.3, -0.25) is 9.48 Å². The van der Waals surface area contributed by atoms with E-state index in [0.717, 1.165) is 28.6 Å². The minimum absolute atomic E-state index is 0.547. The fourth-order valence-corrected chi connectivity index (χ4v) is 2.49. The van der Waals surface area contributed by atoms with Crippen molar-refractivity contribution in [2.45, 2.75) is 13.5 Å². The molecule has 0 amide bonds. The summed E-state index contributed by atoms with van der Waals surface area (Å²) in [6.07, 6.45) is 6.16. The van der Waals surface area contributed by atoms with E-state index in [4.69, 9.17) is 0 Å². The van der Waals surface area contributed by atoms with Gasteiger partial charge in [0.1, 0.15) is 5.69 Å². The third-order valence-electron chi connectivity index (χ3n) is 3.17. The summed E-state index contributed by atoms with van der Waals surface area (Å²) in [5.41, 5.74) is 2.92. The highest BCUT2D eigenvalue weighted by Crippen LogP contribution is 2.23. The smallest absolute Gasteiger partial charge is 0.153 e. The number of halogens is 1. The fraction of sp³-hybridized carbons (Fsp3) is 0.133. The first-order chi connectivity index (χ1) is 10.2. The molecule has 0 aliphatic rings. The Morgan fingerprint density at radius 3 is 2.86 bits per heavy atom. The van der Waals surface area contributed by atoms with Crippen molar-refractivity contribution in [1.29, 1.82) is 0 Å². The molecule has 0 N–H and O–H groups in total. The number of aryl methyl sites for hydroxylation is 1. The maximum absolute atomic E-state index is 11.3. The van der Waals surface area contributed by atoms with Crippen LogP contribution in [0.4, 0.5) is 0 Å². The van der Waals surface area contributed by atoms with Crippen molar-refractivity contribution in [3.05, 3.63) is 52.9 Å². The molecule has 5 nitrogen and oxygen atoms in total. The van der Waals surface area contributed by atoms with Crippen molar-refractivity contribution in [2.24, 2.45) is 0 Å². The molecule has 0 aliphatic heterocycles. The lowest BCUT2D eigenvalue weighted by Crippen LogP contribution is -1.94. The Balaban J connectivity index is 2.08. The molecular weight excluding hydrogens is 332 g/mol. The van der Waals surface area contributed by atoms with Gasteiger partial charge in [-0.1, -0.05) is 22.0 Å². The van der Waals surface area contributed by atoms with Crippen molar-refractivity contribution in [3.63, 3.8) is 0 Å². The Hall–Kier alpha value is -2.21. The minimum Gasteiger partial charge on any atom is -0.298 e. The Kier molecular flexibility index (Phi) is 3.70. The quantitative estimate of drug-likeness (QED) is 0.682. The van der Waals surface area contributed by atoms with E-state index in [2.05, 4.69) is 26.1 Å². The van der Waals surface area contributed by atoms with Crippen LogP contribution in [0.2, 0.25) is 0 Å². The van der Waals surface area contributed by atoms with Crippen molar-refractivity contribution >= 4 is 22.2 Å². The van der Waals surface area contributed by atoms with Gasteiger partial charge in [0.2, 0.25) is 0 Å². The Labute approximate surface area is 130 Å².